The zero-order valence-corrected chi connectivity index (χ0v) is 15.8. The van der Waals surface area contributed by atoms with Gasteiger partial charge in [-0.05, 0) is 31.6 Å². The summed E-state index contributed by atoms with van der Waals surface area (Å²) < 4.78 is 0.857. The number of carbonyl (C=O) groups excluding carboxylic acids is 1. The zero-order chi connectivity index (χ0) is 16.5. The van der Waals surface area contributed by atoms with E-state index in [0.717, 1.165) is 41.2 Å². The van der Waals surface area contributed by atoms with Gasteiger partial charge in [-0.15, -0.1) is 10.2 Å². The highest BCUT2D eigenvalue weighted by molar-refractivity contribution is 8.01. The lowest BCUT2D eigenvalue weighted by atomic mass is 10.0. The molecule has 1 aromatic heterocycles. The van der Waals surface area contributed by atoms with Crippen LogP contribution in [-0.2, 0) is 4.79 Å². The first-order valence-corrected chi connectivity index (χ1v) is 10.5. The van der Waals surface area contributed by atoms with E-state index in [1.807, 2.05) is 0 Å². The quantitative estimate of drug-likeness (QED) is 0.491. The van der Waals surface area contributed by atoms with E-state index >= 15 is 0 Å². The molecule has 23 heavy (non-hydrogen) atoms. The molecule has 1 atom stereocenters. The number of hydrogen-bond donors (Lipinski definition) is 2. The number of amides is 1. The maximum absolute atomic E-state index is 11.9. The van der Waals surface area contributed by atoms with E-state index < -0.39 is 0 Å². The van der Waals surface area contributed by atoms with Crippen LogP contribution in [0.3, 0.4) is 0 Å². The molecule has 0 spiro atoms. The van der Waals surface area contributed by atoms with Crippen molar-refractivity contribution in [2.75, 3.05) is 17.6 Å². The summed E-state index contributed by atoms with van der Waals surface area (Å²) in [5.41, 5.74) is 0. The number of nitrogens with one attached hydrogen (secondary N) is 2. The summed E-state index contributed by atoms with van der Waals surface area (Å²) in [5.74, 6) is 1.33. The van der Waals surface area contributed by atoms with Crippen LogP contribution in [0.15, 0.2) is 4.34 Å². The van der Waals surface area contributed by atoms with E-state index in [2.05, 4.69) is 34.7 Å². The molecule has 1 aliphatic rings. The molecule has 0 saturated heterocycles. The molecule has 2 rings (SSSR count). The number of rotatable bonds is 10. The van der Waals surface area contributed by atoms with Gasteiger partial charge in [0, 0.05) is 12.6 Å². The molecule has 1 fully saturated rings. The summed E-state index contributed by atoms with van der Waals surface area (Å²) in [5, 5.41) is 15.5. The second-order valence-electron chi connectivity index (χ2n) is 6.29. The van der Waals surface area contributed by atoms with Crippen molar-refractivity contribution < 1.29 is 4.79 Å². The van der Waals surface area contributed by atoms with E-state index in [-0.39, 0.29) is 5.91 Å². The molecule has 2 N–H and O–H groups in total. The summed E-state index contributed by atoms with van der Waals surface area (Å²) in [6.45, 7) is 5.46. The van der Waals surface area contributed by atoms with Gasteiger partial charge in [-0.3, -0.25) is 4.79 Å². The minimum atomic E-state index is 0.111. The number of thioether (sulfide) groups is 1. The van der Waals surface area contributed by atoms with E-state index in [1.54, 1.807) is 0 Å². The average molecular weight is 357 g/mol. The molecule has 1 saturated carbocycles. The second-order valence-corrected chi connectivity index (χ2v) is 8.49. The number of anilines is 1. The third kappa shape index (κ3) is 7.08. The Labute approximate surface area is 147 Å². The van der Waals surface area contributed by atoms with Crippen LogP contribution in [0.5, 0.6) is 0 Å². The predicted octanol–water partition coefficient (Wildman–Crippen LogP) is 3.93. The van der Waals surface area contributed by atoms with Gasteiger partial charge in [-0.2, -0.15) is 0 Å². The first-order valence-electron chi connectivity index (χ1n) is 8.67. The van der Waals surface area contributed by atoms with Crippen molar-refractivity contribution in [3.8, 4) is 0 Å². The highest BCUT2D eigenvalue weighted by Gasteiger charge is 2.17. The minimum Gasteiger partial charge on any atom is -0.360 e. The fourth-order valence-electron chi connectivity index (χ4n) is 2.66. The molecule has 0 unspecified atom stereocenters. The fraction of sp³-hybridized carbons (Fsp3) is 0.812. The molecular formula is C16H28N4OS2. The number of carbonyl (C=O) groups is 1. The van der Waals surface area contributed by atoms with Crippen molar-refractivity contribution in [2.45, 2.75) is 69.2 Å². The molecule has 0 bridgehead atoms. The van der Waals surface area contributed by atoms with Gasteiger partial charge in [0.25, 0.3) is 0 Å². The maximum Gasteiger partial charge on any atom is 0.230 e. The van der Waals surface area contributed by atoms with Crippen molar-refractivity contribution in [3.05, 3.63) is 0 Å². The summed E-state index contributed by atoms with van der Waals surface area (Å²) in [7, 11) is 0. The van der Waals surface area contributed by atoms with Crippen LogP contribution in [0.25, 0.3) is 0 Å². The fourth-order valence-corrected chi connectivity index (χ4v) is 4.24. The topological polar surface area (TPSA) is 66.9 Å². The van der Waals surface area contributed by atoms with Crippen LogP contribution < -0.4 is 10.6 Å². The maximum atomic E-state index is 11.9. The first-order chi connectivity index (χ1) is 11.2. The Morgan fingerprint density at radius 1 is 1.39 bits per heavy atom. The Hall–Kier alpha value is -0.820. The molecule has 0 aromatic carbocycles. The third-order valence-electron chi connectivity index (χ3n) is 4.30. The minimum absolute atomic E-state index is 0.111. The van der Waals surface area contributed by atoms with Crippen LogP contribution in [-0.4, -0.2) is 34.4 Å². The Kier molecular flexibility index (Phi) is 8.16. The molecule has 130 valence electrons. The summed E-state index contributed by atoms with van der Waals surface area (Å²) in [6.07, 6.45) is 8.36. The van der Waals surface area contributed by atoms with Gasteiger partial charge in [0.15, 0.2) is 4.34 Å². The number of aromatic nitrogens is 2. The number of nitrogens with zero attached hydrogens (tertiary/aromatic N) is 2. The lowest BCUT2D eigenvalue weighted by Crippen LogP contribution is -2.33. The van der Waals surface area contributed by atoms with Crippen LogP contribution in [0.4, 0.5) is 5.13 Å². The van der Waals surface area contributed by atoms with Gasteiger partial charge in [0.1, 0.15) is 0 Å². The SMILES string of the molecule is CC[C@H](C)CCCNc1nnc(SCC(=O)NC2CCCC2)s1. The highest BCUT2D eigenvalue weighted by atomic mass is 32.2. The van der Waals surface area contributed by atoms with Crippen LogP contribution in [0.1, 0.15) is 58.8 Å². The summed E-state index contributed by atoms with van der Waals surface area (Å²) >= 11 is 3.01. The second kappa shape index (κ2) is 10.1. The Bertz CT molecular complexity index is 474. The van der Waals surface area contributed by atoms with Crippen LogP contribution in [0.2, 0.25) is 0 Å². The summed E-state index contributed by atoms with van der Waals surface area (Å²) in [6, 6.07) is 0.389. The van der Waals surface area contributed by atoms with E-state index in [9.17, 15) is 4.79 Å². The molecule has 7 heteroatoms. The largest absolute Gasteiger partial charge is 0.360 e. The molecule has 0 radical (unpaired) electrons. The standard InChI is InChI=1S/C16H28N4OS2/c1-3-12(2)7-6-10-17-15-19-20-16(23-15)22-11-14(21)18-13-8-4-5-9-13/h12-13H,3-11H2,1-2H3,(H,17,19)(H,18,21)/t12-/m0/s1. The van der Waals surface area contributed by atoms with Crippen molar-refractivity contribution in [3.63, 3.8) is 0 Å². The van der Waals surface area contributed by atoms with Crippen molar-refractivity contribution >= 4 is 34.1 Å². The predicted molar refractivity (Wildman–Crippen MR) is 98.2 cm³/mol. The number of hydrogen-bond acceptors (Lipinski definition) is 6. The van der Waals surface area contributed by atoms with Crippen LogP contribution in [0, 0.1) is 5.92 Å². The van der Waals surface area contributed by atoms with Crippen molar-refractivity contribution in [1.29, 1.82) is 0 Å². The Morgan fingerprint density at radius 3 is 2.91 bits per heavy atom. The summed E-state index contributed by atoms with van der Waals surface area (Å²) in [4.78, 5) is 11.9. The van der Waals surface area contributed by atoms with Gasteiger partial charge in [-0.1, -0.05) is 56.2 Å². The lowest BCUT2D eigenvalue weighted by Gasteiger charge is -2.10. The molecular weight excluding hydrogens is 328 g/mol. The molecule has 0 aliphatic heterocycles. The Morgan fingerprint density at radius 2 is 2.17 bits per heavy atom. The van der Waals surface area contributed by atoms with Gasteiger partial charge in [0.2, 0.25) is 11.0 Å². The van der Waals surface area contributed by atoms with Gasteiger partial charge in [-0.25, -0.2) is 0 Å². The molecule has 1 aliphatic carbocycles. The van der Waals surface area contributed by atoms with Gasteiger partial charge >= 0.3 is 0 Å². The monoisotopic (exact) mass is 356 g/mol. The average Bonchev–Trinajstić information content (AvgIpc) is 3.21. The molecule has 1 heterocycles. The van der Waals surface area contributed by atoms with Gasteiger partial charge < -0.3 is 10.6 Å². The zero-order valence-electron chi connectivity index (χ0n) is 14.1. The molecule has 5 nitrogen and oxygen atoms in total. The third-order valence-corrected chi connectivity index (χ3v) is 6.31. The van der Waals surface area contributed by atoms with E-state index in [0.29, 0.717) is 11.8 Å². The van der Waals surface area contributed by atoms with E-state index in [4.69, 9.17) is 0 Å². The van der Waals surface area contributed by atoms with E-state index in [1.165, 1.54) is 48.8 Å². The normalized spacial score (nSPS) is 16.4. The molecule has 1 aromatic rings. The highest BCUT2D eigenvalue weighted by Crippen LogP contribution is 2.25. The Balaban J connectivity index is 1.61. The van der Waals surface area contributed by atoms with Crippen LogP contribution >= 0.6 is 23.1 Å². The lowest BCUT2D eigenvalue weighted by molar-refractivity contribution is -0.119. The van der Waals surface area contributed by atoms with Crippen molar-refractivity contribution in [1.82, 2.24) is 15.5 Å². The van der Waals surface area contributed by atoms with Crippen molar-refractivity contribution in [2.24, 2.45) is 5.92 Å². The first kappa shape index (κ1) is 18.5. The molecule has 1 amide bonds. The smallest absolute Gasteiger partial charge is 0.230 e. The van der Waals surface area contributed by atoms with Gasteiger partial charge in [0.05, 0.1) is 5.75 Å².